The maximum absolute atomic E-state index is 5.66. The van der Waals surface area contributed by atoms with Crippen LogP contribution in [0.4, 0.5) is 0 Å². The molecule has 14 heavy (non-hydrogen) atoms. The van der Waals surface area contributed by atoms with E-state index in [1.165, 1.54) is 44.9 Å². The Kier molecular flexibility index (Phi) is 2.29. The average Bonchev–Trinajstić information content (AvgIpc) is 2.96. The van der Waals surface area contributed by atoms with Gasteiger partial charge in [0.2, 0.25) is 0 Å². The molecular formula is C12H22N2. The van der Waals surface area contributed by atoms with Crippen molar-refractivity contribution in [2.45, 2.75) is 63.1 Å². The van der Waals surface area contributed by atoms with Crippen molar-refractivity contribution in [2.75, 3.05) is 6.54 Å². The van der Waals surface area contributed by atoms with Gasteiger partial charge >= 0.3 is 0 Å². The first kappa shape index (κ1) is 9.17. The van der Waals surface area contributed by atoms with E-state index in [1.54, 1.807) is 0 Å². The lowest BCUT2D eigenvalue weighted by Gasteiger charge is -2.39. The van der Waals surface area contributed by atoms with E-state index in [9.17, 15) is 0 Å². The number of hydrogen-bond donors (Lipinski definition) is 1. The van der Waals surface area contributed by atoms with E-state index < -0.39 is 0 Å². The van der Waals surface area contributed by atoms with Crippen LogP contribution in [0.3, 0.4) is 0 Å². The van der Waals surface area contributed by atoms with Gasteiger partial charge in [-0.15, -0.1) is 0 Å². The highest BCUT2D eigenvalue weighted by Crippen LogP contribution is 2.45. The summed E-state index contributed by atoms with van der Waals surface area (Å²) in [5, 5.41) is 0. The molecule has 3 fully saturated rings. The number of nitrogens with two attached hydrogens (primary N) is 1. The zero-order chi connectivity index (χ0) is 9.54. The van der Waals surface area contributed by atoms with Gasteiger partial charge in [-0.3, -0.25) is 4.90 Å². The number of fused-ring (bicyclic) bond motifs is 2. The van der Waals surface area contributed by atoms with Crippen molar-refractivity contribution in [1.82, 2.24) is 4.90 Å². The summed E-state index contributed by atoms with van der Waals surface area (Å²) in [6.45, 7) is 0.896. The van der Waals surface area contributed by atoms with E-state index in [-0.39, 0.29) is 0 Å². The second-order valence-corrected chi connectivity index (χ2v) is 5.48. The first-order valence-electron chi connectivity index (χ1n) is 6.36. The molecule has 3 rings (SSSR count). The number of rotatable bonds is 3. The van der Waals surface area contributed by atoms with Gasteiger partial charge in [0.1, 0.15) is 0 Å². The molecule has 3 aliphatic rings. The third-order valence-electron chi connectivity index (χ3n) is 4.43. The van der Waals surface area contributed by atoms with E-state index in [4.69, 9.17) is 5.73 Å². The molecule has 0 aromatic carbocycles. The van der Waals surface area contributed by atoms with Gasteiger partial charge in [-0.1, -0.05) is 0 Å². The van der Waals surface area contributed by atoms with Crippen LogP contribution < -0.4 is 5.73 Å². The first-order chi connectivity index (χ1) is 6.88. The summed E-state index contributed by atoms with van der Waals surface area (Å²) in [7, 11) is 0. The molecule has 0 spiro atoms. The Morgan fingerprint density at radius 2 is 1.50 bits per heavy atom. The molecule has 80 valence electrons. The van der Waals surface area contributed by atoms with Crippen LogP contribution in [0.2, 0.25) is 0 Å². The maximum Gasteiger partial charge on any atom is 0.0104 e. The van der Waals surface area contributed by atoms with Crippen LogP contribution in [-0.2, 0) is 0 Å². The second-order valence-electron chi connectivity index (χ2n) is 5.48. The molecule has 0 aromatic heterocycles. The van der Waals surface area contributed by atoms with Crippen LogP contribution in [0.1, 0.15) is 44.9 Å². The molecule has 0 aromatic rings. The summed E-state index contributed by atoms with van der Waals surface area (Å²) in [5.74, 6) is 0.951. The largest absolute Gasteiger partial charge is 0.330 e. The lowest BCUT2D eigenvalue weighted by atomic mass is 9.88. The average molecular weight is 194 g/mol. The van der Waals surface area contributed by atoms with Gasteiger partial charge in [-0.2, -0.15) is 0 Å². The topological polar surface area (TPSA) is 29.3 Å². The van der Waals surface area contributed by atoms with Gasteiger partial charge in [0.25, 0.3) is 0 Å². The summed E-state index contributed by atoms with van der Waals surface area (Å²) >= 11 is 0. The van der Waals surface area contributed by atoms with Crippen LogP contribution in [0.5, 0.6) is 0 Å². The lowest BCUT2D eigenvalue weighted by molar-refractivity contribution is 0.0933. The smallest absolute Gasteiger partial charge is 0.0104 e. The van der Waals surface area contributed by atoms with Crippen LogP contribution >= 0.6 is 0 Å². The Labute approximate surface area is 86.8 Å². The third-order valence-corrected chi connectivity index (χ3v) is 4.43. The number of nitrogens with zero attached hydrogens (tertiary/aromatic N) is 1. The zero-order valence-corrected chi connectivity index (χ0v) is 8.99. The molecule has 2 heterocycles. The maximum atomic E-state index is 5.66. The molecule has 2 saturated heterocycles. The summed E-state index contributed by atoms with van der Waals surface area (Å²) in [4.78, 5) is 2.87. The minimum Gasteiger partial charge on any atom is -0.330 e. The molecule has 2 heteroatoms. The molecule has 2 nitrogen and oxygen atoms in total. The first-order valence-corrected chi connectivity index (χ1v) is 6.36. The van der Waals surface area contributed by atoms with Gasteiger partial charge in [0.15, 0.2) is 0 Å². The Morgan fingerprint density at radius 1 is 0.929 bits per heavy atom. The standard InChI is InChI=1S/C12H22N2/c13-6-5-9-7-11-3-4-12(8-9)14(11)10-1-2-10/h9-12H,1-8,13H2. The zero-order valence-electron chi connectivity index (χ0n) is 8.99. The highest BCUT2D eigenvalue weighted by molar-refractivity contribution is 5.01. The summed E-state index contributed by atoms with van der Waals surface area (Å²) in [6, 6.07) is 2.88. The quantitative estimate of drug-likeness (QED) is 0.741. The fourth-order valence-corrected chi connectivity index (χ4v) is 3.77. The van der Waals surface area contributed by atoms with Crippen molar-refractivity contribution < 1.29 is 0 Å². The van der Waals surface area contributed by atoms with Crippen LogP contribution in [-0.4, -0.2) is 29.6 Å². The van der Waals surface area contributed by atoms with Gasteiger partial charge < -0.3 is 5.73 Å². The minimum atomic E-state index is 0.896. The molecule has 2 aliphatic heterocycles. The number of piperidine rings is 1. The Bertz CT molecular complexity index is 198. The predicted molar refractivity (Wildman–Crippen MR) is 58.1 cm³/mol. The van der Waals surface area contributed by atoms with E-state index in [0.29, 0.717) is 0 Å². The fourth-order valence-electron chi connectivity index (χ4n) is 3.77. The lowest BCUT2D eigenvalue weighted by Crippen LogP contribution is -2.44. The summed E-state index contributed by atoms with van der Waals surface area (Å²) < 4.78 is 0. The van der Waals surface area contributed by atoms with Crippen LogP contribution in [0, 0.1) is 5.92 Å². The molecule has 2 bridgehead atoms. The molecule has 0 radical (unpaired) electrons. The van der Waals surface area contributed by atoms with E-state index in [2.05, 4.69) is 4.90 Å². The molecule has 1 aliphatic carbocycles. The van der Waals surface area contributed by atoms with Gasteiger partial charge in [0.05, 0.1) is 0 Å². The predicted octanol–water partition coefficient (Wildman–Crippen LogP) is 1.74. The van der Waals surface area contributed by atoms with Gasteiger partial charge in [-0.25, -0.2) is 0 Å². The van der Waals surface area contributed by atoms with Gasteiger partial charge in [0, 0.05) is 18.1 Å². The SMILES string of the molecule is NCCC1CC2CCC(C1)N2C1CC1. The van der Waals surface area contributed by atoms with Crippen molar-refractivity contribution >= 4 is 0 Å². The van der Waals surface area contributed by atoms with Crippen molar-refractivity contribution in [1.29, 1.82) is 0 Å². The summed E-state index contributed by atoms with van der Waals surface area (Å²) in [5.41, 5.74) is 5.66. The van der Waals surface area contributed by atoms with Crippen molar-refractivity contribution in [3.05, 3.63) is 0 Å². The van der Waals surface area contributed by atoms with Crippen molar-refractivity contribution in [3.8, 4) is 0 Å². The molecule has 2 N–H and O–H groups in total. The highest BCUT2D eigenvalue weighted by Gasteiger charge is 2.46. The van der Waals surface area contributed by atoms with E-state index in [1.807, 2.05) is 0 Å². The molecule has 2 atom stereocenters. The Morgan fingerprint density at radius 3 is 2.00 bits per heavy atom. The number of hydrogen-bond acceptors (Lipinski definition) is 2. The minimum absolute atomic E-state index is 0.896. The molecular weight excluding hydrogens is 172 g/mol. The summed E-state index contributed by atoms with van der Waals surface area (Å²) in [6.07, 6.45) is 10.1. The van der Waals surface area contributed by atoms with E-state index >= 15 is 0 Å². The normalized spacial score (nSPS) is 43.1. The van der Waals surface area contributed by atoms with Crippen molar-refractivity contribution in [2.24, 2.45) is 11.7 Å². The third kappa shape index (κ3) is 1.49. The monoisotopic (exact) mass is 194 g/mol. The van der Waals surface area contributed by atoms with Crippen LogP contribution in [0.15, 0.2) is 0 Å². The molecule has 0 amide bonds. The van der Waals surface area contributed by atoms with E-state index in [0.717, 1.165) is 30.6 Å². The highest BCUT2D eigenvalue weighted by atomic mass is 15.3. The van der Waals surface area contributed by atoms with Crippen molar-refractivity contribution in [3.63, 3.8) is 0 Å². The fraction of sp³-hybridized carbons (Fsp3) is 1.00. The molecule has 1 saturated carbocycles. The molecule has 2 unspecified atom stereocenters. The Hall–Kier alpha value is -0.0800. The Balaban J connectivity index is 1.66. The van der Waals surface area contributed by atoms with Crippen LogP contribution in [0.25, 0.3) is 0 Å². The second kappa shape index (κ2) is 3.49. The van der Waals surface area contributed by atoms with Gasteiger partial charge in [-0.05, 0) is 57.4 Å².